The van der Waals surface area contributed by atoms with E-state index in [0.717, 1.165) is 22.9 Å². The number of pyridine rings is 1. The van der Waals surface area contributed by atoms with E-state index < -0.39 is 0 Å². The molecule has 0 aliphatic carbocycles. The van der Waals surface area contributed by atoms with Crippen LogP contribution in [0.3, 0.4) is 0 Å². The second-order valence-corrected chi connectivity index (χ2v) is 4.27. The highest BCUT2D eigenvalue weighted by molar-refractivity contribution is 7.13. The Morgan fingerprint density at radius 2 is 2.40 bits per heavy atom. The molecule has 2 rings (SSSR count). The van der Waals surface area contributed by atoms with Crippen molar-refractivity contribution in [2.45, 2.75) is 6.54 Å². The molecule has 3 nitrogen and oxygen atoms in total. The maximum atomic E-state index is 6.03. The second kappa shape index (κ2) is 4.70. The van der Waals surface area contributed by atoms with Gasteiger partial charge in [0.2, 0.25) is 0 Å². The Labute approximate surface area is 97.2 Å². The molecule has 0 fully saturated rings. The summed E-state index contributed by atoms with van der Waals surface area (Å²) < 4.78 is 0. The van der Waals surface area contributed by atoms with Crippen LogP contribution >= 0.6 is 22.9 Å². The van der Waals surface area contributed by atoms with Crippen LogP contribution in [0.4, 0.5) is 0 Å². The van der Waals surface area contributed by atoms with Gasteiger partial charge in [-0.2, -0.15) is 0 Å². The molecule has 2 aromatic rings. The Kier molecular flexibility index (Phi) is 3.30. The first-order valence-corrected chi connectivity index (χ1v) is 5.77. The molecule has 0 saturated carbocycles. The molecule has 0 atom stereocenters. The van der Waals surface area contributed by atoms with Crippen LogP contribution in [0.1, 0.15) is 5.69 Å². The van der Waals surface area contributed by atoms with Crippen LogP contribution in [-0.4, -0.2) is 17.0 Å². The molecular weight excluding hydrogens is 230 g/mol. The fourth-order valence-corrected chi connectivity index (χ4v) is 2.32. The summed E-state index contributed by atoms with van der Waals surface area (Å²) in [5.74, 6) is 0. The van der Waals surface area contributed by atoms with Crippen molar-refractivity contribution in [1.82, 2.24) is 15.3 Å². The number of halogens is 1. The number of nitrogens with one attached hydrogen (secondary N) is 1. The van der Waals surface area contributed by atoms with Gasteiger partial charge in [-0.1, -0.05) is 11.6 Å². The quantitative estimate of drug-likeness (QED) is 0.895. The molecule has 0 aromatic carbocycles. The number of thiazole rings is 1. The summed E-state index contributed by atoms with van der Waals surface area (Å²) in [4.78, 5) is 8.66. The van der Waals surface area contributed by atoms with Crippen LogP contribution in [0.25, 0.3) is 10.7 Å². The van der Waals surface area contributed by atoms with E-state index >= 15 is 0 Å². The summed E-state index contributed by atoms with van der Waals surface area (Å²) in [6, 6.07) is 3.64. The largest absolute Gasteiger partial charge is 0.314 e. The van der Waals surface area contributed by atoms with Crippen molar-refractivity contribution in [3.63, 3.8) is 0 Å². The van der Waals surface area contributed by atoms with E-state index in [1.807, 2.05) is 24.6 Å². The molecule has 2 heterocycles. The Balaban J connectivity index is 2.33. The fourth-order valence-electron chi connectivity index (χ4n) is 1.22. The highest BCUT2D eigenvalue weighted by Crippen LogP contribution is 2.27. The Hall–Kier alpha value is -0.970. The highest BCUT2D eigenvalue weighted by atomic mass is 35.5. The molecule has 0 amide bonds. The molecule has 2 aromatic heterocycles. The minimum Gasteiger partial charge on any atom is -0.314 e. The lowest BCUT2D eigenvalue weighted by Crippen LogP contribution is -2.04. The average molecular weight is 240 g/mol. The number of rotatable bonds is 3. The third kappa shape index (κ3) is 2.34. The molecule has 0 spiro atoms. The van der Waals surface area contributed by atoms with Crippen molar-refractivity contribution in [3.05, 3.63) is 34.4 Å². The molecule has 78 valence electrons. The van der Waals surface area contributed by atoms with Crippen LogP contribution in [-0.2, 0) is 6.54 Å². The van der Waals surface area contributed by atoms with Gasteiger partial charge in [0.25, 0.3) is 0 Å². The van der Waals surface area contributed by atoms with Gasteiger partial charge in [0.15, 0.2) is 0 Å². The van der Waals surface area contributed by atoms with Gasteiger partial charge >= 0.3 is 0 Å². The maximum Gasteiger partial charge on any atom is 0.143 e. The summed E-state index contributed by atoms with van der Waals surface area (Å²) in [6.07, 6.45) is 1.72. The normalized spacial score (nSPS) is 10.5. The van der Waals surface area contributed by atoms with E-state index in [-0.39, 0.29) is 0 Å². The standard InChI is InChI=1S/C10H10ClN3S/c1-12-5-7-6-15-10(14-7)9-8(11)3-2-4-13-9/h2-4,6,12H,5H2,1H3. The Bertz CT molecular complexity index is 455. The van der Waals surface area contributed by atoms with Gasteiger partial charge in [-0.25, -0.2) is 4.98 Å². The van der Waals surface area contributed by atoms with Crippen LogP contribution in [0.5, 0.6) is 0 Å². The van der Waals surface area contributed by atoms with Gasteiger partial charge in [0.05, 0.1) is 10.7 Å². The summed E-state index contributed by atoms with van der Waals surface area (Å²) in [5.41, 5.74) is 1.77. The van der Waals surface area contributed by atoms with Gasteiger partial charge in [-0.15, -0.1) is 11.3 Å². The zero-order valence-electron chi connectivity index (χ0n) is 8.20. The monoisotopic (exact) mass is 239 g/mol. The van der Waals surface area contributed by atoms with Crippen LogP contribution in [0, 0.1) is 0 Å². The molecule has 1 N–H and O–H groups in total. The van der Waals surface area contributed by atoms with Gasteiger partial charge in [-0.05, 0) is 19.2 Å². The lowest BCUT2D eigenvalue weighted by molar-refractivity contribution is 0.798. The second-order valence-electron chi connectivity index (χ2n) is 3.01. The number of nitrogens with zero attached hydrogens (tertiary/aromatic N) is 2. The predicted molar refractivity (Wildman–Crippen MR) is 63.1 cm³/mol. The van der Waals surface area contributed by atoms with Crippen molar-refractivity contribution in [2.24, 2.45) is 0 Å². The predicted octanol–water partition coefficient (Wildman–Crippen LogP) is 2.58. The van der Waals surface area contributed by atoms with E-state index in [2.05, 4.69) is 15.3 Å². The molecule has 0 aliphatic rings. The average Bonchev–Trinajstić information content (AvgIpc) is 2.68. The van der Waals surface area contributed by atoms with Crippen LogP contribution < -0.4 is 5.32 Å². The highest BCUT2D eigenvalue weighted by Gasteiger charge is 2.08. The molecule has 0 bridgehead atoms. The van der Waals surface area contributed by atoms with Gasteiger partial charge < -0.3 is 5.32 Å². The van der Waals surface area contributed by atoms with Gasteiger partial charge in [-0.3, -0.25) is 4.98 Å². The van der Waals surface area contributed by atoms with Crippen molar-refractivity contribution in [3.8, 4) is 10.7 Å². The third-order valence-corrected chi connectivity index (χ3v) is 3.07. The van der Waals surface area contributed by atoms with Gasteiger partial charge in [0, 0.05) is 18.1 Å². The molecule has 0 radical (unpaired) electrons. The first-order chi connectivity index (χ1) is 7.31. The van der Waals surface area contributed by atoms with E-state index in [9.17, 15) is 0 Å². The first kappa shape index (κ1) is 10.5. The molecule has 5 heteroatoms. The summed E-state index contributed by atoms with van der Waals surface area (Å²) in [7, 11) is 1.90. The number of hydrogen-bond acceptors (Lipinski definition) is 4. The zero-order valence-corrected chi connectivity index (χ0v) is 9.77. The molecule has 0 saturated heterocycles. The third-order valence-electron chi connectivity index (χ3n) is 1.87. The number of hydrogen-bond donors (Lipinski definition) is 1. The van der Waals surface area contributed by atoms with Crippen LogP contribution in [0.2, 0.25) is 5.02 Å². The number of aromatic nitrogens is 2. The van der Waals surface area contributed by atoms with Crippen molar-refractivity contribution >= 4 is 22.9 Å². The molecule has 0 aliphatic heterocycles. The topological polar surface area (TPSA) is 37.8 Å². The van der Waals surface area contributed by atoms with E-state index in [1.165, 1.54) is 0 Å². The van der Waals surface area contributed by atoms with Crippen molar-refractivity contribution in [2.75, 3.05) is 7.05 Å². The molecule has 15 heavy (non-hydrogen) atoms. The summed E-state index contributed by atoms with van der Waals surface area (Å²) in [6.45, 7) is 0.765. The summed E-state index contributed by atoms with van der Waals surface area (Å²) in [5, 5.41) is 6.57. The maximum absolute atomic E-state index is 6.03. The van der Waals surface area contributed by atoms with E-state index in [0.29, 0.717) is 5.02 Å². The lowest BCUT2D eigenvalue weighted by Gasteiger charge is -1.97. The minimum absolute atomic E-state index is 0.642. The van der Waals surface area contributed by atoms with Crippen molar-refractivity contribution < 1.29 is 0 Å². The first-order valence-electron chi connectivity index (χ1n) is 4.51. The Morgan fingerprint density at radius 1 is 1.53 bits per heavy atom. The lowest BCUT2D eigenvalue weighted by atomic mass is 10.3. The zero-order chi connectivity index (χ0) is 10.7. The smallest absolute Gasteiger partial charge is 0.143 e. The van der Waals surface area contributed by atoms with Crippen molar-refractivity contribution in [1.29, 1.82) is 0 Å². The van der Waals surface area contributed by atoms with E-state index in [4.69, 9.17) is 11.6 Å². The van der Waals surface area contributed by atoms with Crippen LogP contribution in [0.15, 0.2) is 23.7 Å². The Morgan fingerprint density at radius 3 is 3.13 bits per heavy atom. The minimum atomic E-state index is 0.642. The fraction of sp³-hybridized carbons (Fsp3) is 0.200. The van der Waals surface area contributed by atoms with Gasteiger partial charge in [0.1, 0.15) is 10.7 Å². The SMILES string of the molecule is CNCc1csc(-c2ncccc2Cl)n1. The molecule has 0 unspecified atom stereocenters. The summed E-state index contributed by atoms with van der Waals surface area (Å²) >= 11 is 7.59. The van der Waals surface area contributed by atoms with E-state index in [1.54, 1.807) is 17.5 Å². The molecular formula is C10H10ClN3S.